The molecule has 2 aromatic rings. The first-order valence-electron chi connectivity index (χ1n) is 11.2. The standard InChI is InChI=1S/C23H28N4O4/c28-22-15-17-5-1-2-6-18(17)24-27(22)14-11-25-9-12-26(13-10-25)23(29)21-16-30-19-7-3-4-8-20(19)31-21/h3-4,7-8,15,21H,1-2,5-6,9-14,16H2. The zero-order valence-electron chi connectivity index (χ0n) is 17.7. The molecular weight excluding hydrogens is 396 g/mol. The number of nitrogens with zero attached hydrogens (tertiary/aromatic N) is 4. The second-order valence-electron chi connectivity index (χ2n) is 8.42. The molecule has 8 nitrogen and oxygen atoms in total. The van der Waals surface area contributed by atoms with Crippen LogP contribution in [0.3, 0.4) is 0 Å². The summed E-state index contributed by atoms with van der Waals surface area (Å²) < 4.78 is 13.2. The Hall–Kier alpha value is -2.87. The summed E-state index contributed by atoms with van der Waals surface area (Å²) in [6.07, 6.45) is 3.63. The number of hydrogen-bond donors (Lipinski definition) is 0. The monoisotopic (exact) mass is 424 g/mol. The van der Waals surface area contributed by atoms with E-state index in [1.807, 2.05) is 29.2 Å². The molecule has 8 heteroatoms. The van der Waals surface area contributed by atoms with Crippen LogP contribution >= 0.6 is 0 Å². The Kier molecular flexibility index (Phi) is 5.63. The lowest BCUT2D eigenvalue weighted by molar-refractivity contribution is -0.143. The van der Waals surface area contributed by atoms with E-state index in [9.17, 15) is 9.59 Å². The van der Waals surface area contributed by atoms with Crippen molar-refractivity contribution in [2.45, 2.75) is 38.3 Å². The van der Waals surface area contributed by atoms with E-state index in [0.717, 1.165) is 56.6 Å². The third-order valence-electron chi connectivity index (χ3n) is 6.37. The van der Waals surface area contributed by atoms with Crippen molar-refractivity contribution >= 4 is 5.91 Å². The predicted molar refractivity (Wildman–Crippen MR) is 115 cm³/mol. The lowest BCUT2D eigenvalue weighted by Crippen LogP contribution is -2.54. The maximum Gasteiger partial charge on any atom is 0.267 e. The molecule has 1 aromatic carbocycles. The first-order chi connectivity index (χ1) is 15.2. The molecule has 0 bridgehead atoms. The molecule has 0 radical (unpaired) electrons. The molecule has 164 valence electrons. The van der Waals surface area contributed by atoms with Crippen molar-refractivity contribution in [3.63, 3.8) is 0 Å². The summed E-state index contributed by atoms with van der Waals surface area (Å²) in [6.45, 7) is 4.41. The highest BCUT2D eigenvalue weighted by Gasteiger charge is 2.32. The summed E-state index contributed by atoms with van der Waals surface area (Å²) in [7, 11) is 0. The van der Waals surface area contributed by atoms with E-state index in [-0.39, 0.29) is 18.1 Å². The van der Waals surface area contributed by atoms with Crippen LogP contribution < -0.4 is 15.0 Å². The minimum absolute atomic E-state index is 0.0100. The number of amides is 1. The van der Waals surface area contributed by atoms with Crippen molar-refractivity contribution in [1.82, 2.24) is 19.6 Å². The number of fused-ring (bicyclic) bond motifs is 2. The molecule has 5 rings (SSSR count). The third kappa shape index (κ3) is 4.30. The fourth-order valence-electron chi connectivity index (χ4n) is 4.53. The predicted octanol–water partition coefficient (Wildman–Crippen LogP) is 1.11. The third-order valence-corrected chi connectivity index (χ3v) is 6.37. The van der Waals surface area contributed by atoms with Crippen LogP contribution in [0.5, 0.6) is 11.5 Å². The molecule has 1 aliphatic carbocycles. The summed E-state index contributed by atoms with van der Waals surface area (Å²) in [5.74, 6) is 1.28. The normalized spacial score (nSPS) is 20.9. The molecule has 31 heavy (non-hydrogen) atoms. The highest BCUT2D eigenvalue weighted by molar-refractivity contribution is 5.82. The minimum atomic E-state index is -0.597. The van der Waals surface area contributed by atoms with Crippen molar-refractivity contribution < 1.29 is 14.3 Å². The van der Waals surface area contributed by atoms with E-state index in [1.54, 1.807) is 10.7 Å². The minimum Gasteiger partial charge on any atom is -0.485 e. The Balaban J connectivity index is 1.13. The van der Waals surface area contributed by atoms with Gasteiger partial charge in [-0.05, 0) is 43.4 Å². The molecule has 0 saturated carbocycles. The van der Waals surface area contributed by atoms with E-state index >= 15 is 0 Å². The maximum absolute atomic E-state index is 12.9. The molecule has 1 fully saturated rings. The number of carbonyl (C=O) groups is 1. The topological polar surface area (TPSA) is 76.9 Å². The largest absolute Gasteiger partial charge is 0.485 e. The van der Waals surface area contributed by atoms with E-state index < -0.39 is 6.10 Å². The van der Waals surface area contributed by atoms with Crippen LogP contribution in [-0.2, 0) is 24.2 Å². The maximum atomic E-state index is 12.9. The fraction of sp³-hybridized carbons (Fsp3) is 0.522. The van der Waals surface area contributed by atoms with E-state index in [0.29, 0.717) is 31.1 Å². The Morgan fingerprint density at radius 3 is 2.65 bits per heavy atom. The number of ether oxygens (including phenoxy) is 2. The summed E-state index contributed by atoms with van der Waals surface area (Å²) in [4.78, 5) is 29.4. The van der Waals surface area contributed by atoms with Crippen LogP contribution in [0, 0.1) is 0 Å². The van der Waals surface area contributed by atoms with Crippen LogP contribution in [0.2, 0.25) is 0 Å². The van der Waals surface area contributed by atoms with Gasteiger partial charge in [0.25, 0.3) is 11.5 Å². The van der Waals surface area contributed by atoms with Crippen molar-refractivity contribution in [2.75, 3.05) is 39.3 Å². The number of aromatic nitrogens is 2. The van der Waals surface area contributed by atoms with Gasteiger partial charge in [0, 0.05) is 38.8 Å². The van der Waals surface area contributed by atoms with Gasteiger partial charge in [0.15, 0.2) is 11.5 Å². The zero-order chi connectivity index (χ0) is 21.2. The van der Waals surface area contributed by atoms with Crippen LogP contribution in [-0.4, -0.2) is 70.9 Å². The number of aryl methyl sites for hydroxylation is 2. The molecular formula is C23H28N4O4. The second-order valence-corrected chi connectivity index (χ2v) is 8.42. The van der Waals surface area contributed by atoms with E-state index in [2.05, 4.69) is 10.00 Å². The quantitative estimate of drug-likeness (QED) is 0.732. The molecule has 3 aliphatic rings. The number of rotatable bonds is 4. The lowest BCUT2D eigenvalue weighted by Gasteiger charge is -2.37. The van der Waals surface area contributed by atoms with Crippen LogP contribution in [0.1, 0.15) is 24.1 Å². The molecule has 0 spiro atoms. The molecule has 1 saturated heterocycles. The molecule has 1 amide bonds. The average molecular weight is 425 g/mol. The highest BCUT2D eigenvalue weighted by Crippen LogP contribution is 2.31. The summed E-state index contributed by atoms with van der Waals surface area (Å²) >= 11 is 0. The Morgan fingerprint density at radius 2 is 1.81 bits per heavy atom. The Bertz CT molecular complexity index is 1010. The molecule has 2 aliphatic heterocycles. The summed E-state index contributed by atoms with van der Waals surface area (Å²) in [5.41, 5.74) is 2.19. The molecule has 0 N–H and O–H groups in total. The smallest absolute Gasteiger partial charge is 0.267 e. The van der Waals surface area contributed by atoms with Crippen molar-refractivity contribution in [3.05, 3.63) is 51.9 Å². The van der Waals surface area contributed by atoms with E-state index in [1.165, 1.54) is 0 Å². The zero-order valence-corrected chi connectivity index (χ0v) is 17.7. The van der Waals surface area contributed by atoms with Gasteiger partial charge in [-0.25, -0.2) is 4.68 Å². The van der Waals surface area contributed by atoms with Gasteiger partial charge in [0.2, 0.25) is 6.10 Å². The van der Waals surface area contributed by atoms with Crippen molar-refractivity contribution in [2.24, 2.45) is 0 Å². The molecule has 1 unspecified atom stereocenters. The van der Waals surface area contributed by atoms with Gasteiger partial charge in [0.1, 0.15) is 6.61 Å². The summed E-state index contributed by atoms with van der Waals surface area (Å²) in [5, 5.41) is 4.60. The first kappa shape index (κ1) is 20.1. The van der Waals surface area contributed by atoms with Gasteiger partial charge in [-0.3, -0.25) is 14.5 Å². The van der Waals surface area contributed by atoms with Crippen LogP contribution in [0.15, 0.2) is 35.1 Å². The lowest BCUT2D eigenvalue weighted by atomic mass is 9.97. The molecule has 1 aromatic heterocycles. The van der Waals surface area contributed by atoms with Gasteiger partial charge >= 0.3 is 0 Å². The Labute approximate surface area is 181 Å². The van der Waals surface area contributed by atoms with Crippen LogP contribution in [0.4, 0.5) is 0 Å². The Morgan fingerprint density at radius 1 is 1.03 bits per heavy atom. The number of hydrogen-bond acceptors (Lipinski definition) is 6. The second kappa shape index (κ2) is 8.70. The number of para-hydroxylation sites is 2. The van der Waals surface area contributed by atoms with Crippen molar-refractivity contribution in [3.8, 4) is 11.5 Å². The van der Waals surface area contributed by atoms with Crippen molar-refractivity contribution in [1.29, 1.82) is 0 Å². The number of benzene rings is 1. The number of piperazine rings is 1. The molecule has 1 atom stereocenters. The average Bonchev–Trinajstić information content (AvgIpc) is 2.82. The van der Waals surface area contributed by atoms with Gasteiger partial charge in [-0.15, -0.1) is 0 Å². The van der Waals surface area contributed by atoms with Gasteiger partial charge in [-0.2, -0.15) is 5.10 Å². The molecule has 3 heterocycles. The fourth-order valence-corrected chi connectivity index (χ4v) is 4.53. The van der Waals surface area contributed by atoms with Crippen LogP contribution in [0.25, 0.3) is 0 Å². The van der Waals surface area contributed by atoms with Gasteiger partial charge in [-0.1, -0.05) is 12.1 Å². The number of carbonyl (C=O) groups excluding carboxylic acids is 1. The van der Waals surface area contributed by atoms with E-state index in [4.69, 9.17) is 9.47 Å². The van der Waals surface area contributed by atoms with Gasteiger partial charge < -0.3 is 14.4 Å². The van der Waals surface area contributed by atoms with Gasteiger partial charge in [0.05, 0.1) is 12.2 Å². The SMILES string of the molecule is O=C(C1COc2ccccc2O1)N1CCN(CCn2nc3c(cc2=O)CCCC3)CC1. The summed E-state index contributed by atoms with van der Waals surface area (Å²) in [6, 6.07) is 9.19. The first-order valence-corrected chi connectivity index (χ1v) is 11.2. The highest BCUT2D eigenvalue weighted by atomic mass is 16.6.